The SMILES string of the molecule is N#CC(O)Cc1cccs1. The Morgan fingerprint density at radius 1 is 1.80 bits per heavy atom. The van der Waals surface area contributed by atoms with Crippen LogP contribution < -0.4 is 0 Å². The minimum atomic E-state index is -0.848. The van der Waals surface area contributed by atoms with Crippen molar-refractivity contribution in [3.05, 3.63) is 22.4 Å². The molecular weight excluding hydrogens is 146 g/mol. The first kappa shape index (κ1) is 7.26. The van der Waals surface area contributed by atoms with Crippen LogP contribution >= 0.6 is 11.3 Å². The van der Waals surface area contributed by atoms with Gasteiger partial charge in [-0.2, -0.15) is 5.26 Å². The lowest BCUT2D eigenvalue weighted by Gasteiger charge is -1.95. The second kappa shape index (κ2) is 3.35. The molecule has 2 nitrogen and oxygen atoms in total. The molecule has 52 valence electrons. The van der Waals surface area contributed by atoms with Gasteiger partial charge >= 0.3 is 0 Å². The Hall–Kier alpha value is -0.850. The Balaban J connectivity index is 2.50. The maximum Gasteiger partial charge on any atom is 0.145 e. The summed E-state index contributed by atoms with van der Waals surface area (Å²) in [5, 5.41) is 19.0. The molecule has 0 aliphatic heterocycles. The highest BCUT2D eigenvalue weighted by Gasteiger charge is 2.02. The van der Waals surface area contributed by atoms with Crippen molar-refractivity contribution < 1.29 is 5.11 Å². The quantitative estimate of drug-likeness (QED) is 0.648. The van der Waals surface area contributed by atoms with Crippen LogP contribution in [0.1, 0.15) is 4.88 Å². The molecule has 0 fully saturated rings. The standard InChI is InChI=1S/C7H7NOS/c8-5-6(9)4-7-2-1-3-10-7/h1-3,6,9H,4H2. The van der Waals surface area contributed by atoms with Crippen LogP contribution in [0.3, 0.4) is 0 Å². The third-order valence-electron chi connectivity index (χ3n) is 1.12. The molecule has 1 unspecified atom stereocenters. The molecule has 0 aromatic carbocycles. The first-order valence-electron chi connectivity index (χ1n) is 2.93. The zero-order valence-electron chi connectivity index (χ0n) is 5.32. The van der Waals surface area contributed by atoms with E-state index in [4.69, 9.17) is 10.4 Å². The predicted octanol–water partition coefficient (Wildman–Crippen LogP) is 1.18. The molecule has 0 bridgehead atoms. The third kappa shape index (κ3) is 1.83. The topological polar surface area (TPSA) is 44.0 Å². The highest BCUT2D eigenvalue weighted by Crippen LogP contribution is 2.10. The van der Waals surface area contributed by atoms with Crippen LogP contribution in [-0.2, 0) is 6.42 Å². The number of hydrogen-bond donors (Lipinski definition) is 1. The van der Waals surface area contributed by atoms with Crippen LogP contribution in [0.4, 0.5) is 0 Å². The van der Waals surface area contributed by atoms with Crippen LogP contribution in [0, 0.1) is 11.3 Å². The minimum Gasteiger partial charge on any atom is -0.378 e. The van der Waals surface area contributed by atoms with Gasteiger partial charge < -0.3 is 5.11 Å². The van der Waals surface area contributed by atoms with Gasteiger partial charge in [0.25, 0.3) is 0 Å². The van der Waals surface area contributed by atoms with E-state index in [1.54, 1.807) is 17.4 Å². The van der Waals surface area contributed by atoms with Crippen molar-refractivity contribution in [1.82, 2.24) is 0 Å². The highest BCUT2D eigenvalue weighted by molar-refractivity contribution is 7.09. The molecule has 1 N–H and O–H groups in total. The fourth-order valence-corrected chi connectivity index (χ4v) is 1.41. The molecule has 1 aromatic heterocycles. The van der Waals surface area contributed by atoms with Gasteiger partial charge in [0.05, 0.1) is 6.07 Å². The van der Waals surface area contributed by atoms with Gasteiger partial charge in [0.2, 0.25) is 0 Å². The minimum absolute atomic E-state index is 0.453. The molecule has 1 atom stereocenters. The Bertz CT molecular complexity index is 224. The van der Waals surface area contributed by atoms with Gasteiger partial charge in [-0.25, -0.2) is 0 Å². The average Bonchev–Trinajstić information content (AvgIpc) is 2.40. The van der Waals surface area contributed by atoms with Gasteiger partial charge in [0.1, 0.15) is 6.10 Å². The summed E-state index contributed by atoms with van der Waals surface area (Å²) in [6.07, 6.45) is -0.396. The van der Waals surface area contributed by atoms with Crippen molar-refractivity contribution in [3.63, 3.8) is 0 Å². The number of aliphatic hydroxyl groups excluding tert-OH is 1. The van der Waals surface area contributed by atoms with Crippen LogP contribution in [-0.4, -0.2) is 11.2 Å². The Kier molecular flexibility index (Phi) is 2.43. The molecule has 0 saturated carbocycles. The summed E-state index contributed by atoms with van der Waals surface area (Å²) >= 11 is 1.56. The second-order valence-corrected chi connectivity index (χ2v) is 2.96. The molecule has 0 aliphatic rings. The first-order chi connectivity index (χ1) is 4.83. The highest BCUT2D eigenvalue weighted by atomic mass is 32.1. The molecule has 0 amide bonds. The molecule has 3 heteroatoms. The molecule has 1 aromatic rings. The zero-order valence-corrected chi connectivity index (χ0v) is 6.14. The average molecular weight is 153 g/mol. The van der Waals surface area contributed by atoms with E-state index in [1.807, 2.05) is 17.5 Å². The Morgan fingerprint density at radius 3 is 3.10 bits per heavy atom. The van der Waals surface area contributed by atoms with Crippen LogP contribution in [0.2, 0.25) is 0 Å². The van der Waals surface area contributed by atoms with Gasteiger partial charge in [-0.15, -0.1) is 11.3 Å². The summed E-state index contributed by atoms with van der Waals surface area (Å²) in [5.74, 6) is 0. The van der Waals surface area contributed by atoms with E-state index < -0.39 is 6.10 Å². The molecule has 1 heterocycles. The van der Waals surface area contributed by atoms with Crippen LogP contribution in [0.25, 0.3) is 0 Å². The Morgan fingerprint density at radius 2 is 2.60 bits per heavy atom. The third-order valence-corrected chi connectivity index (χ3v) is 2.02. The maximum absolute atomic E-state index is 8.88. The smallest absolute Gasteiger partial charge is 0.145 e. The van der Waals surface area contributed by atoms with Gasteiger partial charge in [-0.1, -0.05) is 6.07 Å². The van der Waals surface area contributed by atoms with Crippen molar-refractivity contribution in [2.45, 2.75) is 12.5 Å². The maximum atomic E-state index is 8.88. The summed E-state index contributed by atoms with van der Waals surface area (Å²) in [4.78, 5) is 1.05. The molecule has 0 spiro atoms. The number of thiophene rings is 1. The van der Waals surface area contributed by atoms with Gasteiger partial charge in [0.15, 0.2) is 0 Å². The van der Waals surface area contributed by atoms with E-state index in [0.29, 0.717) is 6.42 Å². The Labute approximate surface area is 63.4 Å². The fourth-order valence-electron chi connectivity index (χ4n) is 0.665. The first-order valence-corrected chi connectivity index (χ1v) is 3.81. The summed E-state index contributed by atoms with van der Waals surface area (Å²) in [6, 6.07) is 5.58. The lowest BCUT2D eigenvalue weighted by Crippen LogP contribution is -2.04. The number of nitriles is 1. The van der Waals surface area contributed by atoms with Crippen molar-refractivity contribution in [3.8, 4) is 6.07 Å². The van der Waals surface area contributed by atoms with Gasteiger partial charge in [-0.3, -0.25) is 0 Å². The monoisotopic (exact) mass is 153 g/mol. The van der Waals surface area contributed by atoms with Crippen molar-refractivity contribution >= 4 is 11.3 Å². The lowest BCUT2D eigenvalue weighted by atomic mass is 10.2. The summed E-state index contributed by atoms with van der Waals surface area (Å²) < 4.78 is 0. The second-order valence-electron chi connectivity index (χ2n) is 1.93. The number of rotatable bonds is 2. The van der Waals surface area contributed by atoms with Crippen LogP contribution in [0.5, 0.6) is 0 Å². The molecule has 1 rings (SSSR count). The van der Waals surface area contributed by atoms with Gasteiger partial charge in [-0.05, 0) is 11.4 Å². The largest absolute Gasteiger partial charge is 0.378 e. The molecule has 0 radical (unpaired) electrons. The summed E-state index contributed by atoms with van der Waals surface area (Å²) in [6.45, 7) is 0. The summed E-state index contributed by atoms with van der Waals surface area (Å²) in [5.41, 5.74) is 0. The van der Waals surface area contributed by atoms with E-state index in [9.17, 15) is 0 Å². The van der Waals surface area contributed by atoms with Crippen LogP contribution in [0.15, 0.2) is 17.5 Å². The predicted molar refractivity (Wildman–Crippen MR) is 39.6 cm³/mol. The van der Waals surface area contributed by atoms with E-state index in [1.165, 1.54) is 0 Å². The normalized spacial score (nSPS) is 12.4. The zero-order chi connectivity index (χ0) is 7.40. The molecular formula is C7H7NOS. The number of aliphatic hydroxyl groups is 1. The molecule has 0 saturated heterocycles. The number of hydrogen-bond acceptors (Lipinski definition) is 3. The molecule has 0 aliphatic carbocycles. The van der Waals surface area contributed by atoms with E-state index >= 15 is 0 Å². The van der Waals surface area contributed by atoms with E-state index in [2.05, 4.69) is 0 Å². The van der Waals surface area contributed by atoms with Crippen molar-refractivity contribution in [2.24, 2.45) is 0 Å². The van der Waals surface area contributed by atoms with Crippen molar-refractivity contribution in [1.29, 1.82) is 5.26 Å². The molecule has 10 heavy (non-hydrogen) atoms. The van der Waals surface area contributed by atoms with Gasteiger partial charge in [0, 0.05) is 11.3 Å². The van der Waals surface area contributed by atoms with E-state index in [0.717, 1.165) is 4.88 Å². The summed E-state index contributed by atoms with van der Waals surface area (Å²) in [7, 11) is 0. The van der Waals surface area contributed by atoms with E-state index in [-0.39, 0.29) is 0 Å². The van der Waals surface area contributed by atoms with Crippen molar-refractivity contribution in [2.75, 3.05) is 0 Å². The number of nitrogens with zero attached hydrogens (tertiary/aromatic N) is 1. The fraction of sp³-hybridized carbons (Fsp3) is 0.286. The lowest BCUT2D eigenvalue weighted by molar-refractivity contribution is 0.232.